The van der Waals surface area contributed by atoms with Crippen molar-refractivity contribution in [3.63, 3.8) is 0 Å². The molecule has 1 aromatic heterocycles. The highest BCUT2D eigenvalue weighted by molar-refractivity contribution is 5.92. The van der Waals surface area contributed by atoms with Gasteiger partial charge in [-0.2, -0.15) is 0 Å². The molecule has 4 rings (SSSR count). The van der Waals surface area contributed by atoms with E-state index < -0.39 is 41.6 Å². The second-order valence-corrected chi connectivity index (χ2v) is 7.78. The van der Waals surface area contributed by atoms with Crippen LogP contribution in [0.5, 0.6) is 0 Å². The maximum absolute atomic E-state index is 12.4. The second-order valence-electron chi connectivity index (χ2n) is 7.78. The molecule has 3 fully saturated rings. The quantitative estimate of drug-likeness (QED) is 0.497. The van der Waals surface area contributed by atoms with E-state index in [2.05, 4.69) is 13.2 Å². The van der Waals surface area contributed by atoms with Gasteiger partial charge in [-0.05, 0) is 25.3 Å². The highest BCUT2D eigenvalue weighted by Crippen LogP contribution is 2.57. The highest BCUT2D eigenvalue weighted by Gasteiger charge is 2.62. The molecule has 3 aliphatic rings. The largest absolute Gasteiger partial charge is 0.472 e. The third-order valence-electron chi connectivity index (χ3n) is 6.30. The molecule has 26 heavy (non-hydrogen) atoms. The minimum Gasteiger partial charge on any atom is -0.472 e. The van der Waals surface area contributed by atoms with Crippen molar-refractivity contribution in [3.05, 3.63) is 48.5 Å². The van der Waals surface area contributed by atoms with E-state index in [0.717, 1.165) is 5.57 Å². The predicted octanol–water partition coefficient (Wildman–Crippen LogP) is 2.64. The zero-order valence-electron chi connectivity index (χ0n) is 14.6. The standard InChI is InChI=1S/C20H22O6/c1-10-4-5-14(21)20(3)8-13(25-19(23)12-6-7-24-9-12)15-11(2)18(22)26-17(15)16(10)20/h6-7,9,13-17,21H,1-2,4-5,8H2,3H3/t13-,14-,15-,16-,17+,20+/m1/s1. The van der Waals surface area contributed by atoms with Crippen LogP contribution in [0.4, 0.5) is 0 Å². The summed E-state index contributed by atoms with van der Waals surface area (Å²) in [6, 6.07) is 1.52. The first-order valence-electron chi connectivity index (χ1n) is 8.81. The Balaban J connectivity index is 1.70. The highest BCUT2D eigenvalue weighted by atomic mass is 16.6. The molecule has 2 aliphatic carbocycles. The summed E-state index contributed by atoms with van der Waals surface area (Å²) in [5.41, 5.74) is 1.01. The molecule has 0 unspecified atom stereocenters. The molecule has 2 saturated carbocycles. The van der Waals surface area contributed by atoms with Gasteiger partial charge >= 0.3 is 11.9 Å². The molecule has 0 bridgehead atoms. The molecule has 0 spiro atoms. The van der Waals surface area contributed by atoms with E-state index in [1.165, 1.54) is 18.6 Å². The number of esters is 2. The van der Waals surface area contributed by atoms with Crippen LogP contribution < -0.4 is 0 Å². The molecular formula is C20H22O6. The first kappa shape index (κ1) is 17.1. The van der Waals surface area contributed by atoms with Gasteiger partial charge < -0.3 is 19.0 Å². The zero-order valence-corrected chi connectivity index (χ0v) is 14.6. The average molecular weight is 358 g/mol. The number of aliphatic hydroxyl groups excluding tert-OH is 1. The fraction of sp³-hybridized carbons (Fsp3) is 0.500. The minimum atomic E-state index is -0.608. The van der Waals surface area contributed by atoms with Crippen LogP contribution in [0.3, 0.4) is 0 Å². The third kappa shape index (κ3) is 2.35. The number of fused-ring (bicyclic) bond motifs is 3. The van der Waals surface area contributed by atoms with Gasteiger partial charge in [0.2, 0.25) is 0 Å². The minimum absolute atomic E-state index is 0.177. The van der Waals surface area contributed by atoms with Crippen molar-refractivity contribution in [3.8, 4) is 0 Å². The van der Waals surface area contributed by atoms with Crippen LogP contribution in [0.25, 0.3) is 0 Å². The topological polar surface area (TPSA) is 86.0 Å². The van der Waals surface area contributed by atoms with E-state index in [9.17, 15) is 14.7 Å². The van der Waals surface area contributed by atoms with Gasteiger partial charge in [0.15, 0.2) is 0 Å². The molecule has 138 valence electrons. The summed E-state index contributed by atoms with van der Waals surface area (Å²) < 4.78 is 16.3. The zero-order chi connectivity index (χ0) is 18.6. The van der Waals surface area contributed by atoms with Crippen LogP contribution in [0.15, 0.2) is 47.3 Å². The lowest BCUT2D eigenvalue weighted by molar-refractivity contribution is -0.161. The van der Waals surface area contributed by atoms with Crippen molar-refractivity contribution in [2.24, 2.45) is 17.3 Å². The van der Waals surface area contributed by atoms with Crippen molar-refractivity contribution in [1.82, 2.24) is 0 Å². The Hall–Kier alpha value is -2.34. The van der Waals surface area contributed by atoms with Crippen molar-refractivity contribution >= 4 is 11.9 Å². The fourth-order valence-electron chi connectivity index (χ4n) is 4.93. The Morgan fingerprint density at radius 2 is 2.19 bits per heavy atom. The molecule has 0 aromatic carbocycles. The summed E-state index contributed by atoms with van der Waals surface area (Å²) in [5.74, 6) is -1.61. The normalized spacial score (nSPS) is 39.2. The lowest BCUT2D eigenvalue weighted by Crippen LogP contribution is -2.58. The number of hydrogen-bond donors (Lipinski definition) is 1. The Kier molecular flexibility index (Phi) is 3.84. The lowest BCUT2D eigenvalue weighted by Gasteiger charge is -2.54. The number of rotatable bonds is 2. The van der Waals surface area contributed by atoms with Crippen LogP contribution in [0, 0.1) is 17.3 Å². The predicted molar refractivity (Wildman–Crippen MR) is 91.0 cm³/mol. The van der Waals surface area contributed by atoms with Gasteiger partial charge in [-0.3, -0.25) is 0 Å². The summed E-state index contributed by atoms with van der Waals surface area (Å²) in [4.78, 5) is 24.6. The number of carbonyl (C=O) groups excluding carboxylic acids is 2. The van der Waals surface area contributed by atoms with Crippen LogP contribution in [-0.2, 0) is 14.3 Å². The van der Waals surface area contributed by atoms with Gasteiger partial charge in [0.1, 0.15) is 18.5 Å². The number of carbonyl (C=O) groups is 2. The SMILES string of the molecule is C=C1C(=O)O[C@H]2[C@H]1[C@H](OC(=O)c1ccoc1)C[C@@]1(C)[C@H](O)CCC(=C)[C@H]21. The van der Waals surface area contributed by atoms with Crippen LogP contribution >= 0.6 is 0 Å². The molecular weight excluding hydrogens is 336 g/mol. The van der Waals surface area contributed by atoms with Gasteiger partial charge in [0, 0.05) is 16.9 Å². The Morgan fingerprint density at radius 1 is 1.42 bits per heavy atom. The van der Waals surface area contributed by atoms with Gasteiger partial charge in [-0.25, -0.2) is 9.59 Å². The number of ether oxygens (including phenoxy) is 2. The first-order valence-corrected chi connectivity index (χ1v) is 8.81. The smallest absolute Gasteiger partial charge is 0.341 e. The van der Waals surface area contributed by atoms with E-state index >= 15 is 0 Å². The summed E-state index contributed by atoms with van der Waals surface area (Å²) in [5, 5.41) is 10.7. The van der Waals surface area contributed by atoms with E-state index in [1.54, 1.807) is 0 Å². The van der Waals surface area contributed by atoms with Crippen molar-refractivity contribution in [2.45, 2.75) is 44.5 Å². The molecule has 2 heterocycles. The molecule has 6 nitrogen and oxygen atoms in total. The van der Waals surface area contributed by atoms with Gasteiger partial charge in [-0.1, -0.05) is 25.7 Å². The fourth-order valence-corrected chi connectivity index (χ4v) is 4.93. The molecule has 1 N–H and O–H groups in total. The Bertz CT molecular complexity index is 778. The van der Waals surface area contributed by atoms with Crippen LogP contribution in [0.2, 0.25) is 0 Å². The van der Waals surface area contributed by atoms with Gasteiger partial charge in [0.05, 0.1) is 23.8 Å². The summed E-state index contributed by atoms with van der Waals surface area (Å²) in [6.07, 6.45) is 2.71. The lowest BCUT2D eigenvalue weighted by atomic mass is 9.53. The maximum Gasteiger partial charge on any atom is 0.341 e. The van der Waals surface area contributed by atoms with E-state index in [1.807, 2.05) is 6.92 Å². The van der Waals surface area contributed by atoms with Crippen LogP contribution in [-0.4, -0.2) is 35.4 Å². The van der Waals surface area contributed by atoms with Gasteiger partial charge in [0.25, 0.3) is 0 Å². The average Bonchev–Trinajstić information content (AvgIpc) is 3.21. The molecule has 0 amide bonds. The first-order chi connectivity index (χ1) is 12.3. The molecule has 6 heteroatoms. The van der Waals surface area contributed by atoms with Crippen molar-refractivity contribution < 1.29 is 28.6 Å². The summed E-state index contributed by atoms with van der Waals surface area (Å²) in [7, 11) is 0. The van der Waals surface area contributed by atoms with Gasteiger partial charge in [-0.15, -0.1) is 0 Å². The molecule has 1 aliphatic heterocycles. The molecule has 1 aromatic rings. The number of aliphatic hydroxyl groups is 1. The van der Waals surface area contributed by atoms with Crippen LogP contribution in [0.1, 0.15) is 36.5 Å². The monoisotopic (exact) mass is 358 g/mol. The summed E-state index contributed by atoms with van der Waals surface area (Å²) in [6.45, 7) is 9.99. The Labute approximate surface area is 151 Å². The maximum atomic E-state index is 12.4. The van der Waals surface area contributed by atoms with Crippen molar-refractivity contribution in [1.29, 1.82) is 0 Å². The molecule has 0 radical (unpaired) electrons. The van der Waals surface area contributed by atoms with E-state index in [-0.39, 0.29) is 5.92 Å². The van der Waals surface area contributed by atoms with E-state index in [0.29, 0.717) is 30.4 Å². The number of hydrogen-bond acceptors (Lipinski definition) is 6. The van der Waals surface area contributed by atoms with Crippen molar-refractivity contribution in [2.75, 3.05) is 0 Å². The third-order valence-corrected chi connectivity index (χ3v) is 6.30. The second kappa shape index (κ2) is 5.84. The summed E-state index contributed by atoms with van der Waals surface area (Å²) >= 11 is 0. The molecule has 1 saturated heterocycles. The van der Waals surface area contributed by atoms with E-state index in [4.69, 9.17) is 13.9 Å². The molecule has 6 atom stereocenters. The Morgan fingerprint density at radius 3 is 2.88 bits per heavy atom. The number of furan rings is 1.